The molecular weight excluding hydrogens is 282 g/mol. The standard InChI is InChI=1S/C17H23NO4/c19-16(9-8-15-7-4-10-22-15)18-12-14(17(20)21)11-13-5-2-1-3-6-13/h1-3,5-6,14-15H,4,7-12H2,(H,18,19)(H,20,21). The minimum atomic E-state index is -0.886. The molecule has 0 bridgehead atoms. The van der Waals surface area contributed by atoms with Gasteiger partial charge >= 0.3 is 5.97 Å². The van der Waals surface area contributed by atoms with Crippen molar-refractivity contribution in [3.8, 4) is 0 Å². The second-order valence-electron chi connectivity index (χ2n) is 5.70. The van der Waals surface area contributed by atoms with E-state index < -0.39 is 11.9 Å². The SMILES string of the molecule is O=C(CCC1CCCO1)NCC(Cc1ccccc1)C(=O)O. The van der Waals surface area contributed by atoms with Gasteiger partial charge in [0.15, 0.2) is 0 Å². The van der Waals surface area contributed by atoms with Crippen molar-refractivity contribution in [1.82, 2.24) is 5.32 Å². The normalized spacial score (nSPS) is 18.8. The lowest BCUT2D eigenvalue weighted by atomic mass is 9.99. The molecule has 2 rings (SSSR count). The molecule has 1 saturated heterocycles. The fourth-order valence-electron chi connectivity index (χ4n) is 2.63. The van der Waals surface area contributed by atoms with E-state index in [-0.39, 0.29) is 18.6 Å². The van der Waals surface area contributed by atoms with Gasteiger partial charge in [0.2, 0.25) is 5.91 Å². The molecule has 1 amide bonds. The summed E-state index contributed by atoms with van der Waals surface area (Å²) in [5.41, 5.74) is 0.962. The number of aliphatic carboxylic acids is 1. The van der Waals surface area contributed by atoms with Crippen LogP contribution in [0.15, 0.2) is 30.3 Å². The predicted molar refractivity (Wildman–Crippen MR) is 82.5 cm³/mol. The summed E-state index contributed by atoms with van der Waals surface area (Å²) in [5, 5.41) is 12.0. The summed E-state index contributed by atoms with van der Waals surface area (Å²) in [6, 6.07) is 9.46. The minimum absolute atomic E-state index is 0.102. The summed E-state index contributed by atoms with van der Waals surface area (Å²) in [6.07, 6.45) is 3.78. The first-order valence-corrected chi connectivity index (χ1v) is 7.80. The fraction of sp³-hybridized carbons (Fsp3) is 0.529. The Morgan fingerprint density at radius 2 is 2.09 bits per heavy atom. The summed E-state index contributed by atoms with van der Waals surface area (Å²) in [7, 11) is 0. The molecule has 0 spiro atoms. The number of ether oxygens (including phenoxy) is 1. The van der Waals surface area contributed by atoms with Gasteiger partial charge in [-0.25, -0.2) is 0 Å². The maximum absolute atomic E-state index is 11.8. The summed E-state index contributed by atoms with van der Waals surface area (Å²) in [4.78, 5) is 23.1. The third kappa shape index (κ3) is 5.48. The third-order valence-corrected chi connectivity index (χ3v) is 3.94. The molecule has 1 aromatic rings. The number of hydrogen-bond donors (Lipinski definition) is 2. The number of nitrogens with one attached hydrogen (secondary N) is 1. The number of amides is 1. The van der Waals surface area contributed by atoms with Gasteiger partial charge in [-0.15, -0.1) is 0 Å². The van der Waals surface area contributed by atoms with Crippen LogP contribution in [-0.4, -0.2) is 36.2 Å². The van der Waals surface area contributed by atoms with E-state index in [1.165, 1.54) is 0 Å². The van der Waals surface area contributed by atoms with E-state index in [0.29, 0.717) is 19.3 Å². The monoisotopic (exact) mass is 305 g/mol. The first kappa shape index (κ1) is 16.5. The molecule has 1 aliphatic heterocycles. The van der Waals surface area contributed by atoms with Gasteiger partial charge in [-0.2, -0.15) is 0 Å². The molecule has 120 valence electrons. The number of carbonyl (C=O) groups excluding carboxylic acids is 1. The van der Waals surface area contributed by atoms with Gasteiger partial charge in [-0.1, -0.05) is 30.3 Å². The molecule has 2 unspecified atom stereocenters. The Kier molecular flexibility index (Phi) is 6.40. The van der Waals surface area contributed by atoms with Crippen molar-refractivity contribution in [2.75, 3.05) is 13.2 Å². The maximum atomic E-state index is 11.8. The minimum Gasteiger partial charge on any atom is -0.481 e. The Morgan fingerprint density at radius 3 is 2.73 bits per heavy atom. The molecule has 22 heavy (non-hydrogen) atoms. The largest absolute Gasteiger partial charge is 0.481 e. The van der Waals surface area contributed by atoms with E-state index in [1.807, 2.05) is 30.3 Å². The van der Waals surface area contributed by atoms with Crippen molar-refractivity contribution >= 4 is 11.9 Å². The predicted octanol–water partition coefficient (Wildman–Crippen LogP) is 2.01. The number of carboxylic acid groups (broad SMARTS) is 1. The van der Waals surface area contributed by atoms with Crippen LogP contribution in [-0.2, 0) is 20.7 Å². The Morgan fingerprint density at radius 1 is 1.32 bits per heavy atom. The van der Waals surface area contributed by atoms with Crippen molar-refractivity contribution in [3.63, 3.8) is 0 Å². The Balaban J connectivity index is 1.73. The Labute approximate surface area is 130 Å². The smallest absolute Gasteiger partial charge is 0.308 e. The number of hydrogen-bond acceptors (Lipinski definition) is 3. The lowest BCUT2D eigenvalue weighted by molar-refractivity contribution is -0.141. The molecule has 1 aromatic carbocycles. The van der Waals surface area contributed by atoms with E-state index in [9.17, 15) is 14.7 Å². The Hall–Kier alpha value is -1.88. The number of rotatable bonds is 8. The van der Waals surface area contributed by atoms with Crippen LogP contribution in [0.1, 0.15) is 31.2 Å². The van der Waals surface area contributed by atoms with Crippen molar-refractivity contribution in [2.45, 2.75) is 38.2 Å². The van der Waals surface area contributed by atoms with Crippen molar-refractivity contribution in [3.05, 3.63) is 35.9 Å². The molecule has 1 fully saturated rings. The quantitative estimate of drug-likeness (QED) is 0.770. The average Bonchev–Trinajstić information content (AvgIpc) is 3.03. The van der Waals surface area contributed by atoms with Gasteiger partial charge in [0, 0.05) is 19.6 Å². The summed E-state index contributed by atoms with van der Waals surface area (Å²) >= 11 is 0. The molecule has 1 heterocycles. The van der Waals surface area contributed by atoms with Gasteiger partial charge in [-0.05, 0) is 31.2 Å². The third-order valence-electron chi connectivity index (χ3n) is 3.94. The zero-order chi connectivity index (χ0) is 15.8. The first-order valence-electron chi connectivity index (χ1n) is 7.80. The summed E-state index contributed by atoms with van der Waals surface area (Å²) < 4.78 is 5.47. The second kappa shape index (κ2) is 8.54. The summed E-state index contributed by atoms with van der Waals surface area (Å²) in [5.74, 6) is -1.59. The molecule has 5 nitrogen and oxygen atoms in total. The molecular formula is C17H23NO4. The van der Waals surface area contributed by atoms with E-state index in [0.717, 1.165) is 25.0 Å². The molecule has 0 aliphatic carbocycles. The fourth-order valence-corrected chi connectivity index (χ4v) is 2.63. The molecule has 0 radical (unpaired) electrons. The van der Waals surface area contributed by atoms with Gasteiger partial charge in [0.1, 0.15) is 0 Å². The highest BCUT2D eigenvalue weighted by Crippen LogP contribution is 2.16. The molecule has 0 saturated carbocycles. The van der Waals surface area contributed by atoms with Crippen molar-refractivity contribution in [2.24, 2.45) is 5.92 Å². The number of carboxylic acids is 1. The van der Waals surface area contributed by atoms with Crippen LogP contribution in [0.2, 0.25) is 0 Å². The molecule has 0 aromatic heterocycles. The lowest BCUT2D eigenvalue weighted by Gasteiger charge is -2.14. The summed E-state index contributed by atoms with van der Waals surface area (Å²) in [6.45, 7) is 0.943. The van der Waals surface area contributed by atoms with Crippen LogP contribution >= 0.6 is 0 Å². The van der Waals surface area contributed by atoms with Crippen molar-refractivity contribution in [1.29, 1.82) is 0 Å². The number of carbonyl (C=O) groups is 2. The molecule has 2 atom stereocenters. The molecule has 5 heteroatoms. The lowest BCUT2D eigenvalue weighted by Crippen LogP contribution is -2.34. The zero-order valence-electron chi connectivity index (χ0n) is 12.7. The van der Waals surface area contributed by atoms with Crippen LogP contribution in [0.25, 0.3) is 0 Å². The average molecular weight is 305 g/mol. The number of benzene rings is 1. The van der Waals surface area contributed by atoms with Gasteiger partial charge in [-0.3, -0.25) is 9.59 Å². The van der Waals surface area contributed by atoms with Crippen molar-refractivity contribution < 1.29 is 19.4 Å². The second-order valence-corrected chi connectivity index (χ2v) is 5.70. The Bertz CT molecular complexity index is 483. The van der Waals surface area contributed by atoms with E-state index in [4.69, 9.17) is 4.74 Å². The van der Waals surface area contributed by atoms with Crippen LogP contribution in [0.4, 0.5) is 0 Å². The van der Waals surface area contributed by atoms with Gasteiger partial charge in [0.25, 0.3) is 0 Å². The molecule has 1 aliphatic rings. The topological polar surface area (TPSA) is 75.6 Å². The van der Waals surface area contributed by atoms with Gasteiger partial charge < -0.3 is 15.2 Å². The highest BCUT2D eigenvalue weighted by Gasteiger charge is 2.20. The van der Waals surface area contributed by atoms with E-state index in [1.54, 1.807) is 0 Å². The molecule has 2 N–H and O–H groups in total. The van der Waals surface area contributed by atoms with E-state index >= 15 is 0 Å². The highest BCUT2D eigenvalue weighted by molar-refractivity contribution is 5.77. The highest BCUT2D eigenvalue weighted by atomic mass is 16.5. The van der Waals surface area contributed by atoms with E-state index in [2.05, 4.69) is 5.32 Å². The van der Waals surface area contributed by atoms with Crippen LogP contribution in [0.5, 0.6) is 0 Å². The van der Waals surface area contributed by atoms with Crippen LogP contribution < -0.4 is 5.32 Å². The van der Waals surface area contributed by atoms with Crippen LogP contribution in [0, 0.1) is 5.92 Å². The first-order chi connectivity index (χ1) is 10.6. The van der Waals surface area contributed by atoms with Crippen LogP contribution in [0.3, 0.4) is 0 Å². The zero-order valence-corrected chi connectivity index (χ0v) is 12.7. The van der Waals surface area contributed by atoms with Gasteiger partial charge in [0.05, 0.1) is 12.0 Å². The maximum Gasteiger partial charge on any atom is 0.308 e.